The number of nitrogens with zero attached hydrogens (tertiary/aromatic N) is 3. The molecule has 1 aromatic rings. The first-order valence-electron chi connectivity index (χ1n) is 6.59. The molecule has 9 heteroatoms. The van der Waals surface area contributed by atoms with Gasteiger partial charge in [-0.15, -0.1) is 0 Å². The third-order valence-electron chi connectivity index (χ3n) is 3.55. The van der Waals surface area contributed by atoms with E-state index in [0.29, 0.717) is 25.4 Å². The summed E-state index contributed by atoms with van der Waals surface area (Å²) < 4.78 is 38.5. The van der Waals surface area contributed by atoms with Crippen molar-refractivity contribution < 1.29 is 17.9 Å². The van der Waals surface area contributed by atoms with Gasteiger partial charge < -0.3 is 9.47 Å². The number of hydrogen-bond donors (Lipinski definition) is 1. The second-order valence-corrected chi connectivity index (χ2v) is 7.11. The molecule has 1 fully saturated rings. The van der Waals surface area contributed by atoms with Crippen molar-refractivity contribution in [3.63, 3.8) is 0 Å². The van der Waals surface area contributed by atoms with Crippen molar-refractivity contribution in [2.75, 3.05) is 20.3 Å². The van der Waals surface area contributed by atoms with Crippen molar-refractivity contribution in [3.05, 3.63) is 11.6 Å². The quantitative estimate of drug-likeness (QED) is 0.754. The minimum absolute atomic E-state index is 0.134. The molecule has 3 heterocycles. The van der Waals surface area contributed by atoms with Crippen LogP contribution >= 0.6 is 0 Å². The summed E-state index contributed by atoms with van der Waals surface area (Å²) in [5, 5.41) is 3.91. The molecule has 2 aliphatic heterocycles. The largest absolute Gasteiger partial charge is 0.378 e. The van der Waals surface area contributed by atoms with Crippen molar-refractivity contribution in [1.82, 2.24) is 19.5 Å². The van der Waals surface area contributed by atoms with Gasteiger partial charge in [-0.1, -0.05) is 0 Å². The monoisotopic (exact) mass is 302 g/mol. The second-order valence-electron chi connectivity index (χ2n) is 5.12. The van der Waals surface area contributed by atoms with Gasteiger partial charge in [0.2, 0.25) is 10.0 Å². The van der Waals surface area contributed by atoms with Crippen LogP contribution < -0.4 is 4.72 Å². The highest BCUT2D eigenvalue weighted by Crippen LogP contribution is 2.17. The lowest BCUT2D eigenvalue weighted by Crippen LogP contribution is -2.51. The maximum atomic E-state index is 12.0. The Morgan fingerprint density at radius 3 is 2.95 bits per heavy atom. The normalized spacial score (nSPS) is 23.4. The lowest BCUT2D eigenvalue weighted by molar-refractivity contribution is 0.0409. The van der Waals surface area contributed by atoms with Crippen LogP contribution in [0.1, 0.15) is 18.1 Å². The summed E-state index contributed by atoms with van der Waals surface area (Å²) >= 11 is 0. The highest BCUT2D eigenvalue weighted by atomic mass is 32.2. The van der Waals surface area contributed by atoms with E-state index in [0.717, 1.165) is 12.2 Å². The zero-order valence-electron chi connectivity index (χ0n) is 11.3. The minimum atomic E-state index is -3.29. The number of ether oxygens (including phenoxy) is 2. The van der Waals surface area contributed by atoms with Gasteiger partial charge in [-0.2, -0.15) is 5.10 Å². The topological polar surface area (TPSA) is 95.3 Å². The summed E-state index contributed by atoms with van der Waals surface area (Å²) in [6.45, 7) is 1.46. The number of methoxy groups -OCH3 is 1. The molecule has 0 spiro atoms. The van der Waals surface area contributed by atoms with Crippen LogP contribution in [0.15, 0.2) is 0 Å². The molecule has 0 bridgehead atoms. The van der Waals surface area contributed by atoms with Crippen molar-refractivity contribution in [2.45, 2.75) is 37.3 Å². The van der Waals surface area contributed by atoms with E-state index in [4.69, 9.17) is 9.47 Å². The maximum absolute atomic E-state index is 12.0. The molecule has 1 N–H and O–H groups in total. The van der Waals surface area contributed by atoms with Crippen molar-refractivity contribution in [3.8, 4) is 0 Å². The van der Waals surface area contributed by atoms with Crippen LogP contribution in [0.3, 0.4) is 0 Å². The number of hydrogen-bond acceptors (Lipinski definition) is 6. The summed E-state index contributed by atoms with van der Waals surface area (Å²) in [6, 6.07) is -0.134. The van der Waals surface area contributed by atoms with E-state index >= 15 is 0 Å². The van der Waals surface area contributed by atoms with E-state index in [1.165, 1.54) is 0 Å². The average Bonchev–Trinajstić information content (AvgIpc) is 2.67. The highest BCUT2D eigenvalue weighted by molar-refractivity contribution is 7.90. The third kappa shape index (κ3) is 2.71. The Hall–Kier alpha value is -1.03. The molecule has 0 radical (unpaired) electrons. The predicted octanol–water partition coefficient (Wildman–Crippen LogP) is -0.942. The first-order valence-corrected chi connectivity index (χ1v) is 8.13. The fourth-order valence-corrected chi connectivity index (χ4v) is 3.77. The average molecular weight is 302 g/mol. The summed E-state index contributed by atoms with van der Waals surface area (Å²) in [4.78, 5) is 4.36. The molecule has 0 aromatic carbocycles. The van der Waals surface area contributed by atoms with Crippen LogP contribution in [0, 0.1) is 0 Å². The molecule has 0 amide bonds. The molecule has 1 saturated heterocycles. The highest BCUT2D eigenvalue weighted by Gasteiger charge is 2.35. The number of fused-ring (bicyclic) bond motifs is 1. The number of aromatic nitrogens is 3. The minimum Gasteiger partial charge on any atom is -0.378 e. The van der Waals surface area contributed by atoms with Gasteiger partial charge in [-0.3, -0.25) is 0 Å². The molecule has 1 unspecified atom stereocenters. The lowest BCUT2D eigenvalue weighted by atomic mass is 10.1. The van der Waals surface area contributed by atoms with Gasteiger partial charge in [-0.05, 0) is 6.42 Å². The molecule has 8 nitrogen and oxygen atoms in total. The molecule has 112 valence electrons. The number of sulfonamides is 1. The van der Waals surface area contributed by atoms with Gasteiger partial charge in [0.05, 0.1) is 19.8 Å². The number of aryl methyl sites for hydroxylation is 1. The summed E-state index contributed by atoms with van der Waals surface area (Å²) in [5.74, 6) is 1.53. The van der Waals surface area contributed by atoms with Crippen molar-refractivity contribution in [2.24, 2.45) is 0 Å². The van der Waals surface area contributed by atoms with E-state index in [1.54, 1.807) is 11.8 Å². The third-order valence-corrected chi connectivity index (χ3v) is 5.36. The van der Waals surface area contributed by atoms with Crippen LogP contribution in [0.4, 0.5) is 0 Å². The summed E-state index contributed by atoms with van der Waals surface area (Å²) in [5.41, 5.74) is 0. The van der Waals surface area contributed by atoms with Gasteiger partial charge >= 0.3 is 0 Å². The molecule has 1 atom stereocenters. The second kappa shape index (κ2) is 5.40. The molecule has 2 aliphatic rings. The number of nitrogens with one attached hydrogen (secondary N) is 1. The Bertz CT molecular complexity index is 581. The summed E-state index contributed by atoms with van der Waals surface area (Å²) in [6.07, 6.45) is 1.45. The Kier molecular flexibility index (Phi) is 3.76. The number of rotatable bonds is 5. The smallest absolute Gasteiger partial charge is 0.219 e. The van der Waals surface area contributed by atoms with E-state index in [1.807, 2.05) is 0 Å². The zero-order chi connectivity index (χ0) is 14.2. The van der Waals surface area contributed by atoms with E-state index in [2.05, 4.69) is 14.8 Å². The van der Waals surface area contributed by atoms with Gasteiger partial charge in [0, 0.05) is 19.6 Å². The van der Waals surface area contributed by atoms with Gasteiger partial charge in [0.15, 0.2) is 5.82 Å². The molecular formula is C11H18N4O4S. The van der Waals surface area contributed by atoms with Crippen LogP contribution in [-0.2, 0) is 39.1 Å². The van der Waals surface area contributed by atoms with Crippen molar-refractivity contribution >= 4 is 10.0 Å². The Balaban J connectivity index is 1.66. The van der Waals surface area contributed by atoms with E-state index in [9.17, 15) is 8.42 Å². The maximum Gasteiger partial charge on any atom is 0.219 e. The Morgan fingerprint density at radius 2 is 2.30 bits per heavy atom. The Morgan fingerprint density at radius 1 is 1.50 bits per heavy atom. The molecule has 1 aromatic heterocycles. The van der Waals surface area contributed by atoms with E-state index in [-0.39, 0.29) is 19.3 Å². The molecule has 0 aliphatic carbocycles. The molecular weight excluding hydrogens is 284 g/mol. The van der Waals surface area contributed by atoms with Gasteiger partial charge in [0.1, 0.15) is 17.7 Å². The standard InChI is InChI=1S/C11H18N4O4S/c1-18-7-10-12-11-3-2-8(4-15(11)13-10)14-20(16,17)9-5-19-6-9/h8-9,14H,2-7H2,1H3. The van der Waals surface area contributed by atoms with Crippen LogP contribution in [0.5, 0.6) is 0 Å². The zero-order valence-corrected chi connectivity index (χ0v) is 12.1. The fraction of sp³-hybridized carbons (Fsp3) is 0.818. The van der Waals surface area contributed by atoms with Gasteiger partial charge in [-0.25, -0.2) is 22.8 Å². The molecule has 3 rings (SSSR count). The van der Waals surface area contributed by atoms with Crippen LogP contribution in [0.2, 0.25) is 0 Å². The summed E-state index contributed by atoms with van der Waals surface area (Å²) in [7, 11) is -1.70. The predicted molar refractivity (Wildman–Crippen MR) is 69.5 cm³/mol. The molecule has 20 heavy (non-hydrogen) atoms. The first kappa shape index (κ1) is 13.9. The van der Waals surface area contributed by atoms with Crippen LogP contribution in [-0.4, -0.2) is 54.8 Å². The lowest BCUT2D eigenvalue weighted by Gasteiger charge is -2.29. The van der Waals surface area contributed by atoms with Crippen LogP contribution in [0.25, 0.3) is 0 Å². The van der Waals surface area contributed by atoms with Crippen molar-refractivity contribution in [1.29, 1.82) is 0 Å². The SMILES string of the molecule is COCc1nc2n(n1)CC(NS(=O)(=O)C1COC1)CC2. The first-order chi connectivity index (χ1) is 9.58. The molecule has 0 saturated carbocycles. The Labute approximate surface area is 117 Å². The van der Waals surface area contributed by atoms with Gasteiger partial charge in [0.25, 0.3) is 0 Å². The fourth-order valence-electron chi connectivity index (χ4n) is 2.37. The van der Waals surface area contributed by atoms with E-state index < -0.39 is 15.3 Å².